The van der Waals surface area contributed by atoms with Gasteiger partial charge in [0.1, 0.15) is 0 Å². The highest BCUT2D eigenvalue weighted by Crippen LogP contribution is 2.29. The van der Waals surface area contributed by atoms with Gasteiger partial charge in [-0.3, -0.25) is 19.4 Å². The van der Waals surface area contributed by atoms with Crippen LogP contribution in [0, 0.1) is 5.92 Å². The van der Waals surface area contributed by atoms with E-state index in [9.17, 15) is 4.79 Å². The molecular formula is C24H29N5O. The van der Waals surface area contributed by atoms with Crippen molar-refractivity contribution >= 4 is 5.91 Å². The van der Waals surface area contributed by atoms with E-state index in [0.717, 1.165) is 43.7 Å². The van der Waals surface area contributed by atoms with E-state index in [2.05, 4.69) is 26.5 Å². The van der Waals surface area contributed by atoms with Gasteiger partial charge in [0.05, 0.1) is 24.4 Å². The first-order valence-corrected chi connectivity index (χ1v) is 10.6. The molecule has 1 saturated heterocycles. The Labute approximate surface area is 177 Å². The van der Waals surface area contributed by atoms with Gasteiger partial charge in [-0.25, -0.2) is 0 Å². The molecule has 1 aliphatic rings. The highest BCUT2D eigenvalue weighted by molar-refractivity contribution is 5.79. The number of rotatable bonds is 7. The van der Waals surface area contributed by atoms with Crippen molar-refractivity contribution in [2.24, 2.45) is 13.0 Å². The minimum absolute atomic E-state index is 0.0428. The number of aryl methyl sites for hydroxylation is 1. The maximum Gasteiger partial charge on any atom is 0.224 e. The largest absolute Gasteiger partial charge is 0.347 e. The van der Waals surface area contributed by atoms with Gasteiger partial charge < -0.3 is 5.32 Å². The lowest BCUT2D eigenvalue weighted by atomic mass is 9.88. The highest BCUT2D eigenvalue weighted by Gasteiger charge is 2.30. The van der Waals surface area contributed by atoms with Gasteiger partial charge in [0.15, 0.2) is 0 Å². The van der Waals surface area contributed by atoms with Gasteiger partial charge in [-0.05, 0) is 43.0 Å². The molecule has 6 heteroatoms. The predicted octanol–water partition coefficient (Wildman–Crippen LogP) is 3.13. The number of likely N-dealkylation sites (tertiary alicyclic amines) is 1. The van der Waals surface area contributed by atoms with Gasteiger partial charge in [-0.15, -0.1) is 0 Å². The zero-order valence-electron chi connectivity index (χ0n) is 17.4. The number of carbonyl (C=O) groups is 1. The number of nitrogens with zero attached hydrogens (tertiary/aromatic N) is 4. The lowest BCUT2D eigenvalue weighted by Gasteiger charge is -2.37. The van der Waals surface area contributed by atoms with E-state index in [1.165, 1.54) is 5.56 Å². The molecule has 0 bridgehead atoms. The first-order valence-electron chi connectivity index (χ1n) is 10.6. The second-order valence-corrected chi connectivity index (χ2v) is 8.12. The van der Waals surface area contributed by atoms with Gasteiger partial charge in [-0.2, -0.15) is 5.10 Å². The second kappa shape index (κ2) is 9.67. The lowest BCUT2D eigenvalue weighted by Crippen LogP contribution is -2.43. The smallest absolute Gasteiger partial charge is 0.224 e. The Kier molecular flexibility index (Phi) is 6.54. The summed E-state index contributed by atoms with van der Waals surface area (Å²) in [6, 6.07) is 15.7. The molecule has 4 rings (SSSR count). The molecule has 1 N–H and O–H groups in total. The third-order valence-electron chi connectivity index (χ3n) is 5.71. The number of pyridine rings is 1. The monoisotopic (exact) mass is 403 g/mol. The molecule has 2 atom stereocenters. The summed E-state index contributed by atoms with van der Waals surface area (Å²) in [5.74, 6) is 0.367. The Bertz CT molecular complexity index is 940. The van der Waals surface area contributed by atoms with Gasteiger partial charge in [0.25, 0.3) is 0 Å². The molecule has 6 nitrogen and oxygen atoms in total. The molecule has 30 heavy (non-hydrogen) atoms. The second-order valence-electron chi connectivity index (χ2n) is 8.12. The molecule has 1 fully saturated rings. The van der Waals surface area contributed by atoms with Crippen LogP contribution in [0.2, 0.25) is 0 Å². The summed E-state index contributed by atoms with van der Waals surface area (Å²) in [5.41, 5.74) is 3.18. The normalized spacial score (nSPS) is 18.1. The van der Waals surface area contributed by atoms with Crippen LogP contribution in [0.1, 0.15) is 35.7 Å². The van der Waals surface area contributed by atoms with Crippen molar-refractivity contribution in [3.63, 3.8) is 0 Å². The predicted molar refractivity (Wildman–Crippen MR) is 116 cm³/mol. The summed E-state index contributed by atoms with van der Waals surface area (Å²) >= 11 is 0. The number of hydrogen-bond donors (Lipinski definition) is 1. The van der Waals surface area contributed by atoms with Crippen LogP contribution in [0.25, 0.3) is 0 Å². The van der Waals surface area contributed by atoms with Crippen LogP contribution in [0.5, 0.6) is 0 Å². The fraction of sp³-hybridized carbons (Fsp3) is 0.375. The van der Waals surface area contributed by atoms with E-state index < -0.39 is 0 Å². The van der Waals surface area contributed by atoms with E-state index in [4.69, 9.17) is 0 Å². The van der Waals surface area contributed by atoms with Crippen LogP contribution in [-0.4, -0.2) is 38.7 Å². The topological polar surface area (TPSA) is 63.0 Å². The van der Waals surface area contributed by atoms with Crippen LogP contribution in [-0.2, 0) is 24.8 Å². The average molecular weight is 404 g/mol. The molecule has 1 aliphatic heterocycles. The molecule has 0 radical (unpaired) electrons. The summed E-state index contributed by atoms with van der Waals surface area (Å²) in [6.45, 7) is 2.89. The summed E-state index contributed by atoms with van der Waals surface area (Å²) in [5, 5.41) is 7.58. The summed E-state index contributed by atoms with van der Waals surface area (Å²) in [4.78, 5) is 19.9. The molecule has 0 saturated carbocycles. The molecule has 0 spiro atoms. The van der Waals surface area contributed by atoms with Crippen LogP contribution in [0.4, 0.5) is 0 Å². The van der Waals surface area contributed by atoms with Crippen LogP contribution < -0.4 is 5.32 Å². The Morgan fingerprint density at radius 2 is 2.00 bits per heavy atom. The fourth-order valence-electron chi connectivity index (χ4n) is 4.32. The quantitative estimate of drug-likeness (QED) is 0.658. The number of hydrogen-bond acceptors (Lipinski definition) is 4. The molecule has 2 aromatic heterocycles. The number of carbonyl (C=O) groups excluding carboxylic acids is 1. The van der Waals surface area contributed by atoms with Gasteiger partial charge >= 0.3 is 0 Å². The van der Waals surface area contributed by atoms with Crippen molar-refractivity contribution in [1.29, 1.82) is 0 Å². The summed E-state index contributed by atoms with van der Waals surface area (Å²) in [6.07, 6.45) is 8.39. The van der Waals surface area contributed by atoms with E-state index in [1.807, 2.05) is 72.7 Å². The SMILES string of the molecule is Cn1cc(CN2CCC[C@H]([C@@H](NC(=O)Cc3ccccc3)c3ccccn3)C2)cn1. The third kappa shape index (κ3) is 5.33. The number of amides is 1. The average Bonchev–Trinajstić information content (AvgIpc) is 3.18. The lowest BCUT2D eigenvalue weighted by molar-refractivity contribution is -0.121. The maximum atomic E-state index is 12.9. The van der Waals surface area contributed by atoms with E-state index >= 15 is 0 Å². The molecular weight excluding hydrogens is 374 g/mol. The van der Waals surface area contributed by atoms with E-state index in [1.54, 1.807) is 0 Å². The Morgan fingerprint density at radius 1 is 1.17 bits per heavy atom. The standard InChI is InChI=1S/C24H29N5O/c1-28-16-20(15-26-28)17-29-13-7-10-21(18-29)24(22-11-5-6-12-25-22)27-23(30)14-19-8-3-2-4-9-19/h2-6,8-9,11-12,15-16,21,24H,7,10,13-14,17-18H2,1H3,(H,27,30)/t21-,24+/m0/s1. The Morgan fingerprint density at radius 3 is 2.73 bits per heavy atom. The van der Waals surface area contributed by atoms with Crippen LogP contribution in [0.15, 0.2) is 67.1 Å². The van der Waals surface area contributed by atoms with Crippen molar-refractivity contribution in [3.05, 3.63) is 83.9 Å². The zero-order valence-corrected chi connectivity index (χ0v) is 17.4. The van der Waals surface area contributed by atoms with Crippen LogP contribution >= 0.6 is 0 Å². The third-order valence-corrected chi connectivity index (χ3v) is 5.71. The number of aromatic nitrogens is 3. The first kappa shape index (κ1) is 20.3. The molecule has 156 valence electrons. The first-order chi connectivity index (χ1) is 14.7. The van der Waals surface area contributed by atoms with Crippen molar-refractivity contribution in [2.45, 2.75) is 31.8 Å². The number of piperidine rings is 1. The van der Waals surface area contributed by atoms with E-state index in [-0.39, 0.29) is 11.9 Å². The minimum atomic E-state index is -0.0842. The number of benzene rings is 1. The molecule has 3 heterocycles. The fourth-order valence-corrected chi connectivity index (χ4v) is 4.32. The van der Waals surface area contributed by atoms with Crippen molar-refractivity contribution in [1.82, 2.24) is 25.0 Å². The summed E-state index contributed by atoms with van der Waals surface area (Å²) < 4.78 is 1.84. The maximum absolute atomic E-state index is 12.9. The van der Waals surface area contributed by atoms with Crippen molar-refractivity contribution in [2.75, 3.05) is 13.1 Å². The molecule has 1 amide bonds. The molecule has 0 unspecified atom stereocenters. The summed E-state index contributed by atoms with van der Waals surface area (Å²) in [7, 11) is 1.95. The zero-order chi connectivity index (χ0) is 20.8. The van der Waals surface area contributed by atoms with Crippen LogP contribution in [0.3, 0.4) is 0 Å². The Hall–Kier alpha value is -2.99. The van der Waals surface area contributed by atoms with Gasteiger partial charge in [0, 0.05) is 38.1 Å². The Balaban J connectivity index is 1.47. The molecule has 1 aromatic carbocycles. The van der Waals surface area contributed by atoms with E-state index in [0.29, 0.717) is 12.3 Å². The highest BCUT2D eigenvalue weighted by atomic mass is 16.1. The van der Waals surface area contributed by atoms with Gasteiger partial charge in [0.2, 0.25) is 5.91 Å². The number of nitrogens with one attached hydrogen (secondary N) is 1. The molecule has 3 aromatic rings. The van der Waals surface area contributed by atoms with Crippen molar-refractivity contribution < 1.29 is 4.79 Å². The molecule has 0 aliphatic carbocycles. The van der Waals surface area contributed by atoms with Gasteiger partial charge in [-0.1, -0.05) is 36.4 Å². The van der Waals surface area contributed by atoms with Crippen molar-refractivity contribution in [3.8, 4) is 0 Å². The minimum Gasteiger partial charge on any atom is -0.347 e.